The summed E-state index contributed by atoms with van der Waals surface area (Å²) in [6.07, 6.45) is 9.41. The van der Waals surface area contributed by atoms with E-state index >= 15 is 0 Å². The number of rotatable bonds is 0. The molecule has 0 heterocycles. The second-order valence-electron chi connectivity index (χ2n) is 9.54. The van der Waals surface area contributed by atoms with Gasteiger partial charge < -0.3 is 0 Å². The second kappa shape index (κ2) is 6.08. The smallest absolute Gasteiger partial charge is 0.00783 e. The van der Waals surface area contributed by atoms with E-state index in [-0.39, 0.29) is 0 Å². The zero-order valence-electron chi connectivity index (χ0n) is 16.6. The summed E-state index contributed by atoms with van der Waals surface area (Å²) < 4.78 is 0. The van der Waals surface area contributed by atoms with Gasteiger partial charge in [-0.05, 0) is 86.9 Å². The average molecular weight is 315 g/mol. The lowest BCUT2D eigenvalue weighted by Gasteiger charge is -2.51. The summed E-state index contributed by atoms with van der Waals surface area (Å²) in [5.41, 5.74) is 5.81. The highest BCUT2D eigenvalue weighted by Crippen LogP contribution is 2.64. The van der Waals surface area contributed by atoms with Crippen LogP contribution in [0.15, 0.2) is 22.8 Å². The molecule has 0 amide bonds. The molecule has 1 fully saturated rings. The Morgan fingerprint density at radius 1 is 1.04 bits per heavy atom. The van der Waals surface area contributed by atoms with Crippen molar-refractivity contribution in [2.45, 2.75) is 80.6 Å². The molecule has 0 saturated heterocycles. The van der Waals surface area contributed by atoms with Gasteiger partial charge in [-0.15, -0.1) is 0 Å². The van der Waals surface area contributed by atoms with Crippen molar-refractivity contribution in [1.82, 2.24) is 0 Å². The van der Waals surface area contributed by atoms with Crippen molar-refractivity contribution in [3.63, 3.8) is 0 Å². The fourth-order valence-electron chi connectivity index (χ4n) is 6.58. The quantitative estimate of drug-likeness (QED) is 0.421. The maximum Gasteiger partial charge on any atom is -0.00783 e. The summed E-state index contributed by atoms with van der Waals surface area (Å²) in [6.45, 7) is 17.6. The molecule has 0 aromatic rings. The van der Waals surface area contributed by atoms with Crippen molar-refractivity contribution >= 4 is 0 Å². The molecule has 0 N–H and O–H groups in total. The Bertz CT molecular complexity index is 522. The molecule has 0 radical (unpaired) electrons. The van der Waals surface area contributed by atoms with E-state index in [1.807, 2.05) is 5.57 Å². The molecule has 7 atom stereocenters. The highest BCUT2D eigenvalue weighted by molar-refractivity contribution is 5.32. The first kappa shape index (κ1) is 17.3. The minimum absolute atomic E-state index is 0.492. The molecule has 3 rings (SSSR count). The Balaban J connectivity index is 2.13. The number of hydrogen-bond acceptors (Lipinski definition) is 0. The molecule has 4 unspecified atom stereocenters. The van der Waals surface area contributed by atoms with Crippen LogP contribution in [0.25, 0.3) is 0 Å². The van der Waals surface area contributed by atoms with E-state index in [0.717, 1.165) is 35.5 Å². The fourth-order valence-corrected chi connectivity index (χ4v) is 6.58. The second-order valence-corrected chi connectivity index (χ2v) is 9.54. The monoisotopic (exact) mass is 314 g/mol. The average Bonchev–Trinajstić information content (AvgIpc) is 2.77. The van der Waals surface area contributed by atoms with E-state index < -0.39 is 0 Å². The van der Waals surface area contributed by atoms with Crippen LogP contribution in [0.4, 0.5) is 0 Å². The van der Waals surface area contributed by atoms with Gasteiger partial charge in [0.2, 0.25) is 0 Å². The number of allylic oxidation sites excluding steroid dienone is 4. The molecule has 130 valence electrons. The van der Waals surface area contributed by atoms with E-state index in [2.05, 4.69) is 54.5 Å². The maximum atomic E-state index is 2.62. The van der Waals surface area contributed by atoms with Gasteiger partial charge in [0.25, 0.3) is 0 Å². The van der Waals surface area contributed by atoms with Gasteiger partial charge in [0.15, 0.2) is 0 Å². The molecule has 23 heavy (non-hydrogen) atoms. The van der Waals surface area contributed by atoms with Crippen LogP contribution in [-0.2, 0) is 0 Å². The summed E-state index contributed by atoms with van der Waals surface area (Å²) in [5.74, 6) is 4.89. The SMILES string of the molecule is CC1=C2CCC(C)CC/C=C(/C)[C@@H]3CC(C)[C@](C)(C(C)C2C)[C@H]13. The van der Waals surface area contributed by atoms with Gasteiger partial charge in [-0.25, -0.2) is 0 Å². The lowest BCUT2D eigenvalue weighted by Crippen LogP contribution is -2.44. The van der Waals surface area contributed by atoms with E-state index in [1.54, 1.807) is 11.1 Å². The predicted octanol–water partition coefficient (Wildman–Crippen LogP) is 7.02. The third-order valence-electron chi connectivity index (χ3n) is 8.61. The Morgan fingerprint density at radius 2 is 1.74 bits per heavy atom. The van der Waals surface area contributed by atoms with Crippen molar-refractivity contribution in [2.75, 3.05) is 0 Å². The molecule has 1 saturated carbocycles. The molecule has 0 aromatic carbocycles. The summed E-state index contributed by atoms with van der Waals surface area (Å²) in [6, 6.07) is 0. The molecule has 0 spiro atoms. The highest BCUT2D eigenvalue weighted by atomic mass is 14.6. The molecule has 2 bridgehead atoms. The van der Waals surface area contributed by atoms with E-state index in [9.17, 15) is 0 Å². The molecule has 0 aliphatic heterocycles. The van der Waals surface area contributed by atoms with Crippen LogP contribution in [0.1, 0.15) is 80.6 Å². The van der Waals surface area contributed by atoms with Crippen LogP contribution in [0, 0.1) is 40.9 Å². The van der Waals surface area contributed by atoms with Gasteiger partial charge in [-0.1, -0.05) is 57.4 Å². The molecule has 0 aromatic heterocycles. The minimum Gasteiger partial charge on any atom is -0.0853 e. The lowest BCUT2D eigenvalue weighted by atomic mass is 9.54. The van der Waals surface area contributed by atoms with Gasteiger partial charge in [0.05, 0.1) is 0 Å². The van der Waals surface area contributed by atoms with Crippen molar-refractivity contribution in [3.05, 3.63) is 22.8 Å². The Labute approximate surface area is 144 Å². The van der Waals surface area contributed by atoms with Crippen molar-refractivity contribution in [1.29, 1.82) is 0 Å². The predicted molar refractivity (Wildman–Crippen MR) is 101 cm³/mol. The third kappa shape index (κ3) is 2.56. The molecule has 3 aliphatic carbocycles. The first-order valence-corrected chi connectivity index (χ1v) is 10.1. The summed E-state index contributed by atoms with van der Waals surface area (Å²) in [5, 5.41) is 0. The van der Waals surface area contributed by atoms with E-state index in [4.69, 9.17) is 0 Å². The largest absolute Gasteiger partial charge is 0.0853 e. The van der Waals surface area contributed by atoms with Crippen LogP contribution in [-0.4, -0.2) is 0 Å². The normalized spacial score (nSPS) is 50.3. The van der Waals surface area contributed by atoms with E-state index in [0.29, 0.717) is 5.41 Å². The van der Waals surface area contributed by atoms with E-state index in [1.165, 1.54) is 32.1 Å². The Kier molecular flexibility index (Phi) is 4.58. The molecular formula is C23H38. The van der Waals surface area contributed by atoms with Crippen LogP contribution >= 0.6 is 0 Å². The molecule has 3 aliphatic rings. The van der Waals surface area contributed by atoms with Gasteiger partial charge >= 0.3 is 0 Å². The van der Waals surface area contributed by atoms with Crippen LogP contribution in [0.5, 0.6) is 0 Å². The standard InChI is InChI=1S/C23H38/c1-14-9-8-10-15(2)21-13-16(3)23(7)19(6)17(4)20(12-11-14)18(5)22(21)23/h10,14,16-17,19,21-22H,8-9,11-13H2,1-7H3/b15-10-/t14?,16?,17?,19?,21-,22+,23+/m0/s1. The molecule has 0 nitrogen and oxygen atoms in total. The summed E-state index contributed by atoms with van der Waals surface area (Å²) >= 11 is 0. The number of hydrogen-bond donors (Lipinski definition) is 0. The fraction of sp³-hybridized carbons (Fsp3) is 0.826. The van der Waals surface area contributed by atoms with Crippen LogP contribution in [0.2, 0.25) is 0 Å². The van der Waals surface area contributed by atoms with Crippen LogP contribution < -0.4 is 0 Å². The topological polar surface area (TPSA) is 0 Å². The van der Waals surface area contributed by atoms with Crippen molar-refractivity contribution in [2.24, 2.45) is 40.9 Å². The van der Waals surface area contributed by atoms with Gasteiger partial charge in [-0.3, -0.25) is 0 Å². The third-order valence-corrected chi connectivity index (χ3v) is 8.61. The molecule has 0 heteroatoms. The summed E-state index contributed by atoms with van der Waals surface area (Å²) in [4.78, 5) is 0. The highest BCUT2D eigenvalue weighted by Gasteiger charge is 2.57. The van der Waals surface area contributed by atoms with Crippen LogP contribution in [0.3, 0.4) is 0 Å². The van der Waals surface area contributed by atoms with Crippen molar-refractivity contribution in [3.8, 4) is 0 Å². The van der Waals surface area contributed by atoms with Gasteiger partial charge in [-0.2, -0.15) is 0 Å². The van der Waals surface area contributed by atoms with Gasteiger partial charge in [0.1, 0.15) is 0 Å². The van der Waals surface area contributed by atoms with Gasteiger partial charge in [0, 0.05) is 0 Å². The first-order valence-electron chi connectivity index (χ1n) is 10.1. The molecular weight excluding hydrogens is 276 g/mol. The zero-order valence-corrected chi connectivity index (χ0v) is 16.6. The first-order chi connectivity index (χ1) is 10.8. The maximum absolute atomic E-state index is 2.62. The summed E-state index contributed by atoms with van der Waals surface area (Å²) in [7, 11) is 0. The van der Waals surface area contributed by atoms with Crippen molar-refractivity contribution < 1.29 is 0 Å². The Morgan fingerprint density at radius 3 is 2.43 bits per heavy atom. The minimum atomic E-state index is 0.492. The Hall–Kier alpha value is -0.520. The zero-order chi connectivity index (χ0) is 16.9. The lowest BCUT2D eigenvalue weighted by molar-refractivity contribution is 0.0540.